The molecule has 1 aromatic heterocycles. The number of carbonyl (C=O) groups is 1. The molecule has 1 unspecified atom stereocenters. The van der Waals surface area contributed by atoms with E-state index < -0.39 is 0 Å². The van der Waals surface area contributed by atoms with Gasteiger partial charge < -0.3 is 15.5 Å². The topological polar surface area (TPSA) is 62.2 Å². The Hall–Kier alpha value is -3.35. The molecule has 2 N–H and O–H groups in total. The molecule has 0 saturated carbocycles. The van der Waals surface area contributed by atoms with Crippen LogP contribution in [0.25, 0.3) is 5.69 Å². The molecule has 29 heavy (non-hydrogen) atoms. The van der Waals surface area contributed by atoms with Crippen LogP contribution in [0.1, 0.15) is 18.5 Å². The van der Waals surface area contributed by atoms with E-state index in [1.807, 2.05) is 42.2 Å². The van der Waals surface area contributed by atoms with E-state index in [4.69, 9.17) is 0 Å². The summed E-state index contributed by atoms with van der Waals surface area (Å²) in [7, 11) is 0. The molecule has 0 bridgehead atoms. The van der Waals surface area contributed by atoms with Crippen LogP contribution in [0.2, 0.25) is 0 Å². The molecule has 2 aromatic carbocycles. The van der Waals surface area contributed by atoms with Crippen LogP contribution >= 0.6 is 0 Å². The number of piperidine rings is 1. The van der Waals surface area contributed by atoms with Gasteiger partial charge in [-0.15, -0.1) is 0 Å². The van der Waals surface area contributed by atoms with Crippen LogP contribution < -0.4 is 10.6 Å². The van der Waals surface area contributed by atoms with Crippen LogP contribution in [0.4, 0.5) is 20.6 Å². The molecule has 7 heteroatoms. The summed E-state index contributed by atoms with van der Waals surface area (Å²) >= 11 is 0. The van der Waals surface area contributed by atoms with Gasteiger partial charge in [0.05, 0.1) is 17.6 Å². The fraction of sp³-hybridized carbons (Fsp3) is 0.273. The van der Waals surface area contributed by atoms with Gasteiger partial charge in [-0.3, -0.25) is 0 Å². The van der Waals surface area contributed by atoms with Crippen molar-refractivity contribution < 1.29 is 9.18 Å². The number of hydrogen-bond acceptors (Lipinski definition) is 3. The number of para-hydroxylation sites is 2. The van der Waals surface area contributed by atoms with Gasteiger partial charge in [-0.2, -0.15) is 5.10 Å². The lowest BCUT2D eigenvalue weighted by Gasteiger charge is -2.33. The van der Waals surface area contributed by atoms with Gasteiger partial charge >= 0.3 is 6.03 Å². The molecule has 0 aliphatic carbocycles. The Kier molecular flexibility index (Phi) is 5.46. The lowest BCUT2D eigenvalue weighted by Crippen LogP contribution is -2.46. The highest BCUT2D eigenvalue weighted by Gasteiger charge is 2.24. The predicted molar refractivity (Wildman–Crippen MR) is 112 cm³/mol. The fourth-order valence-electron chi connectivity index (χ4n) is 3.64. The Bertz CT molecular complexity index is 988. The van der Waals surface area contributed by atoms with E-state index in [2.05, 4.69) is 15.7 Å². The third kappa shape index (κ3) is 4.23. The number of benzene rings is 2. The van der Waals surface area contributed by atoms with Crippen molar-refractivity contribution in [3.8, 4) is 5.69 Å². The number of likely N-dealkylation sites (tertiary alicyclic amines) is 1. The molecule has 1 saturated heterocycles. The van der Waals surface area contributed by atoms with Gasteiger partial charge in [-0.25, -0.2) is 13.9 Å². The summed E-state index contributed by atoms with van der Waals surface area (Å²) in [6.45, 7) is 3.14. The minimum atomic E-state index is -0.359. The highest BCUT2D eigenvalue weighted by molar-refractivity contribution is 5.90. The van der Waals surface area contributed by atoms with E-state index in [0.29, 0.717) is 30.2 Å². The molecule has 3 aromatic rings. The van der Waals surface area contributed by atoms with Gasteiger partial charge in [0.15, 0.2) is 0 Å². The predicted octanol–water partition coefficient (Wildman–Crippen LogP) is 4.43. The number of hydrogen-bond donors (Lipinski definition) is 2. The zero-order chi connectivity index (χ0) is 20.2. The summed E-state index contributed by atoms with van der Waals surface area (Å²) in [6.07, 6.45) is 3.51. The van der Waals surface area contributed by atoms with Crippen molar-refractivity contribution in [3.63, 3.8) is 0 Å². The molecule has 150 valence electrons. The molecule has 6 nitrogen and oxygen atoms in total. The van der Waals surface area contributed by atoms with Gasteiger partial charge in [0, 0.05) is 24.8 Å². The Balaban J connectivity index is 1.42. The van der Waals surface area contributed by atoms with E-state index in [1.54, 1.807) is 24.4 Å². The van der Waals surface area contributed by atoms with E-state index in [0.717, 1.165) is 18.5 Å². The number of anilines is 2. The summed E-state index contributed by atoms with van der Waals surface area (Å²) in [4.78, 5) is 14.6. The number of carbonyl (C=O) groups excluding carboxylic acids is 1. The Morgan fingerprint density at radius 1 is 1.14 bits per heavy atom. The largest absolute Gasteiger partial charge is 0.381 e. The fourth-order valence-corrected chi connectivity index (χ4v) is 3.64. The third-order valence-corrected chi connectivity index (χ3v) is 5.19. The molecule has 1 aliphatic heterocycles. The monoisotopic (exact) mass is 393 g/mol. The molecular formula is C22H24FN5O. The van der Waals surface area contributed by atoms with Crippen molar-refractivity contribution in [1.29, 1.82) is 0 Å². The van der Waals surface area contributed by atoms with Gasteiger partial charge in [0.2, 0.25) is 0 Å². The Labute approximate surface area is 169 Å². The van der Waals surface area contributed by atoms with Crippen molar-refractivity contribution >= 4 is 17.4 Å². The normalized spacial score (nSPS) is 16.5. The lowest BCUT2D eigenvalue weighted by atomic mass is 10.1. The third-order valence-electron chi connectivity index (χ3n) is 5.19. The second-order valence-electron chi connectivity index (χ2n) is 7.23. The molecule has 0 radical (unpaired) electrons. The maximum atomic E-state index is 14.1. The highest BCUT2D eigenvalue weighted by atomic mass is 19.1. The average Bonchev–Trinajstić information content (AvgIpc) is 3.09. The van der Waals surface area contributed by atoms with Crippen LogP contribution in [0, 0.1) is 12.7 Å². The molecule has 2 heterocycles. The van der Waals surface area contributed by atoms with Gasteiger partial charge in [-0.1, -0.05) is 30.3 Å². The zero-order valence-corrected chi connectivity index (χ0v) is 16.3. The molecule has 2 amide bonds. The molecule has 1 aliphatic rings. The number of aromatic nitrogens is 2. The van der Waals surface area contributed by atoms with Crippen molar-refractivity contribution in [2.75, 3.05) is 23.7 Å². The molecule has 1 fully saturated rings. The maximum Gasteiger partial charge on any atom is 0.322 e. The van der Waals surface area contributed by atoms with Gasteiger partial charge in [0.25, 0.3) is 0 Å². The minimum Gasteiger partial charge on any atom is -0.381 e. The Morgan fingerprint density at radius 2 is 1.90 bits per heavy atom. The van der Waals surface area contributed by atoms with E-state index >= 15 is 0 Å². The number of rotatable bonds is 4. The lowest BCUT2D eigenvalue weighted by molar-refractivity contribution is 0.196. The summed E-state index contributed by atoms with van der Waals surface area (Å²) in [5, 5.41) is 10.7. The summed E-state index contributed by atoms with van der Waals surface area (Å²) in [5.74, 6) is -0.359. The van der Waals surface area contributed by atoms with Crippen molar-refractivity contribution in [1.82, 2.24) is 14.7 Å². The Morgan fingerprint density at radius 3 is 2.69 bits per heavy atom. The first-order valence-corrected chi connectivity index (χ1v) is 9.79. The maximum absolute atomic E-state index is 14.1. The quantitative estimate of drug-likeness (QED) is 0.689. The smallest absolute Gasteiger partial charge is 0.322 e. The average molecular weight is 393 g/mol. The van der Waals surface area contributed by atoms with E-state index in [1.165, 1.54) is 10.7 Å². The van der Waals surface area contributed by atoms with Gasteiger partial charge in [-0.05, 0) is 44.0 Å². The standard InChI is InChI=1S/C22H24FN5O/c1-16-20(14-24-28(16)21-12-6-5-11-19(21)23)26-22(29)27-13-7-10-18(15-27)25-17-8-3-2-4-9-17/h2-6,8-9,11-12,14,18,25H,7,10,13,15H2,1H3,(H,26,29). The van der Waals surface area contributed by atoms with Crippen molar-refractivity contribution in [2.24, 2.45) is 0 Å². The van der Waals surface area contributed by atoms with Crippen LogP contribution in [0.5, 0.6) is 0 Å². The van der Waals surface area contributed by atoms with E-state index in [9.17, 15) is 9.18 Å². The van der Waals surface area contributed by atoms with Crippen LogP contribution in [-0.4, -0.2) is 39.8 Å². The highest BCUT2D eigenvalue weighted by Crippen LogP contribution is 2.22. The zero-order valence-electron chi connectivity index (χ0n) is 16.3. The van der Waals surface area contributed by atoms with Crippen molar-refractivity contribution in [3.05, 3.63) is 72.3 Å². The second-order valence-corrected chi connectivity index (χ2v) is 7.23. The molecule has 1 atom stereocenters. The number of halogens is 1. The SMILES string of the molecule is Cc1c(NC(=O)N2CCCC(Nc3ccccc3)C2)cnn1-c1ccccc1F. The molecule has 4 rings (SSSR count). The van der Waals surface area contributed by atoms with E-state index in [-0.39, 0.29) is 17.9 Å². The summed E-state index contributed by atoms with van der Waals surface area (Å²) in [6, 6.07) is 16.5. The van der Waals surface area contributed by atoms with Crippen molar-refractivity contribution in [2.45, 2.75) is 25.8 Å². The number of amides is 2. The van der Waals surface area contributed by atoms with Gasteiger partial charge in [0.1, 0.15) is 11.5 Å². The minimum absolute atomic E-state index is 0.166. The molecule has 0 spiro atoms. The number of nitrogens with zero attached hydrogens (tertiary/aromatic N) is 3. The van der Waals surface area contributed by atoms with Crippen LogP contribution in [0.15, 0.2) is 60.8 Å². The first kappa shape index (κ1) is 19.0. The van der Waals surface area contributed by atoms with Crippen LogP contribution in [0.3, 0.4) is 0 Å². The summed E-state index contributed by atoms with van der Waals surface area (Å²) < 4.78 is 15.6. The number of urea groups is 1. The molecular weight excluding hydrogens is 369 g/mol. The number of nitrogens with one attached hydrogen (secondary N) is 2. The summed E-state index contributed by atoms with van der Waals surface area (Å²) in [5.41, 5.74) is 2.67. The van der Waals surface area contributed by atoms with Crippen LogP contribution in [-0.2, 0) is 0 Å². The first-order chi connectivity index (χ1) is 14.1. The second kappa shape index (κ2) is 8.34. The first-order valence-electron chi connectivity index (χ1n) is 9.79.